The van der Waals surface area contributed by atoms with Gasteiger partial charge in [0.25, 0.3) is 5.91 Å². The number of carbonyl (C=O) groups excluding carboxylic acids is 1. The SMILES string of the molecule is C=C/C(=C\C=C/C)C(Nc1ccc(C(=O)NO)nc1)c1ccccc1. The van der Waals surface area contributed by atoms with Crippen molar-refractivity contribution in [1.82, 2.24) is 10.5 Å². The lowest BCUT2D eigenvalue weighted by molar-refractivity contribution is 0.0701. The number of anilines is 1. The Hall–Kier alpha value is -3.18. The van der Waals surface area contributed by atoms with Crippen LogP contribution in [0.4, 0.5) is 5.69 Å². The van der Waals surface area contributed by atoms with Crippen LogP contribution in [-0.4, -0.2) is 16.1 Å². The van der Waals surface area contributed by atoms with Crippen LogP contribution < -0.4 is 10.8 Å². The number of carbonyl (C=O) groups is 1. The van der Waals surface area contributed by atoms with Crippen LogP contribution in [0.5, 0.6) is 0 Å². The molecule has 25 heavy (non-hydrogen) atoms. The molecule has 0 saturated carbocycles. The third-order valence-electron chi connectivity index (χ3n) is 3.59. The zero-order valence-corrected chi connectivity index (χ0v) is 14.0. The Morgan fingerprint density at radius 3 is 2.56 bits per heavy atom. The molecule has 1 aromatic heterocycles. The van der Waals surface area contributed by atoms with E-state index in [2.05, 4.69) is 16.9 Å². The monoisotopic (exact) mass is 335 g/mol. The van der Waals surface area contributed by atoms with E-state index in [1.165, 1.54) is 0 Å². The highest BCUT2D eigenvalue weighted by atomic mass is 16.5. The number of nitrogens with zero attached hydrogens (tertiary/aromatic N) is 1. The molecular weight excluding hydrogens is 314 g/mol. The number of amides is 1. The maximum atomic E-state index is 11.4. The minimum atomic E-state index is -0.647. The zero-order valence-electron chi connectivity index (χ0n) is 14.0. The number of pyridine rings is 1. The van der Waals surface area contributed by atoms with Crippen molar-refractivity contribution in [3.8, 4) is 0 Å². The summed E-state index contributed by atoms with van der Waals surface area (Å²) in [6, 6.07) is 13.2. The molecule has 1 amide bonds. The van der Waals surface area contributed by atoms with Crippen molar-refractivity contribution >= 4 is 11.6 Å². The second-order valence-corrected chi connectivity index (χ2v) is 5.26. The lowest BCUT2D eigenvalue weighted by Crippen LogP contribution is -2.20. The normalized spacial score (nSPS) is 12.6. The molecule has 0 bridgehead atoms. The van der Waals surface area contributed by atoms with Gasteiger partial charge in [-0.1, -0.05) is 61.2 Å². The molecular formula is C20H21N3O2. The molecule has 2 aromatic rings. The van der Waals surface area contributed by atoms with E-state index in [1.807, 2.05) is 61.6 Å². The standard InChI is InChI=1S/C20H21N3O2/c1-3-5-9-15(4-2)19(16-10-7-6-8-11-16)22-17-12-13-18(21-14-17)20(24)23-25/h3-14,19,22,25H,2H2,1H3,(H,23,24)/b5-3-,15-9+. The van der Waals surface area contributed by atoms with Gasteiger partial charge in [0.15, 0.2) is 0 Å². The van der Waals surface area contributed by atoms with Crippen molar-refractivity contribution in [2.45, 2.75) is 13.0 Å². The Balaban J connectivity index is 2.33. The van der Waals surface area contributed by atoms with Crippen LogP contribution in [-0.2, 0) is 0 Å². The number of rotatable bonds is 7. The molecule has 1 heterocycles. The first-order chi connectivity index (χ1) is 12.2. The summed E-state index contributed by atoms with van der Waals surface area (Å²) in [6.45, 7) is 5.87. The predicted molar refractivity (Wildman–Crippen MR) is 99.4 cm³/mol. The first-order valence-electron chi connectivity index (χ1n) is 7.87. The van der Waals surface area contributed by atoms with Gasteiger partial charge in [0.05, 0.1) is 17.9 Å². The van der Waals surface area contributed by atoms with Gasteiger partial charge >= 0.3 is 0 Å². The highest BCUT2D eigenvalue weighted by Crippen LogP contribution is 2.27. The molecule has 1 aromatic carbocycles. The summed E-state index contributed by atoms with van der Waals surface area (Å²) < 4.78 is 0. The Labute approximate surface area is 147 Å². The maximum absolute atomic E-state index is 11.4. The van der Waals surface area contributed by atoms with Crippen molar-refractivity contribution in [1.29, 1.82) is 0 Å². The second-order valence-electron chi connectivity index (χ2n) is 5.26. The number of benzene rings is 1. The average Bonchev–Trinajstić information content (AvgIpc) is 2.68. The summed E-state index contributed by atoms with van der Waals surface area (Å²) in [5.74, 6) is -0.647. The molecule has 0 spiro atoms. The Bertz CT molecular complexity index is 765. The van der Waals surface area contributed by atoms with E-state index in [1.54, 1.807) is 23.8 Å². The lowest BCUT2D eigenvalue weighted by atomic mass is 9.97. The van der Waals surface area contributed by atoms with Crippen molar-refractivity contribution in [3.05, 3.63) is 96.4 Å². The van der Waals surface area contributed by atoms with Crippen LogP contribution in [0.1, 0.15) is 29.0 Å². The van der Waals surface area contributed by atoms with Gasteiger partial charge < -0.3 is 5.32 Å². The largest absolute Gasteiger partial charge is 0.373 e. The second kappa shape index (κ2) is 9.20. The van der Waals surface area contributed by atoms with E-state index >= 15 is 0 Å². The van der Waals surface area contributed by atoms with E-state index in [9.17, 15) is 4.79 Å². The molecule has 2 rings (SSSR count). The molecule has 128 valence electrons. The van der Waals surface area contributed by atoms with Crippen LogP contribution in [0.2, 0.25) is 0 Å². The van der Waals surface area contributed by atoms with Gasteiger partial charge in [-0.25, -0.2) is 10.5 Å². The van der Waals surface area contributed by atoms with E-state index in [0.717, 1.165) is 16.8 Å². The minimum absolute atomic E-state index is 0.116. The van der Waals surface area contributed by atoms with Crippen LogP contribution in [0.25, 0.3) is 0 Å². The van der Waals surface area contributed by atoms with Gasteiger partial charge in [-0.3, -0.25) is 10.0 Å². The molecule has 5 heteroatoms. The minimum Gasteiger partial charge on any atom is -0.373 e. The molecule has 0 aliphatic rings. The molecule has 1 atom stereocenters. The van der Waals surface area contributed by atoms with Crippen LogP contribution in [0, 0.1) is 0 Å². The van der Waals surface area contributed by atoms with Gasteiger partial charge in [-0.15, -0.1) is 0 Å². The molecule has 1 unspecified atom stereocenters. The van der Waals surface area contributed by atoms with Crippen LogP contribution >= 0.6 is 0 Å². The molecule has 3 N–H and O–H groups in total. The van der Waals surface area contributed by atoms with Gasteiger partial charge in [-0.2, -0.15) is 0 Å². The molecule has 0 aliphatic carbocycles. The van der Waals surface area contributed by atoms with Crippen LogP contribution in [0.3, 0.4) is 0 Å². The maximum Gasteiger partial charge on any atom is 0.293 e. The molecule has 0 saturated heterocycles. The van der Waals surface area contributed by atoms with Gasteiger partial charge in [0.1, 0.15) is 5.69 Å². The number of hydroxylamine groups is 1. The lowest BCUT2D eigenvalue weighted by Gasteiger charge is -2.21. The van der Waals surface area contributed by atoms with E-state index in [4.69, 9.17) is 5.21 Å². The van der Waals surface area contributed by atoms with Crippen molar-refractivity contribution < 1.29 is 10.0 Å². The Morgan fingerprint density at radius 1 is 1.24 bits per heavy atom. The zero-order chi connectivity index (χ0) is 18.1. The number of hydrogen-bond donors (Lipinski definition) is 3. The first-order valence-corrected chi connectivity index (χ1v) is 7.87. The Morgan fingerprint density at radius 2 is 2.00 bits per heavy atom. The third kappa shape index (κ3) is 4.89. The first kappa shape index (κ1) is 18.2. The predicted octanol–water partition coefficient (Wildman–Crippen LogP) is 4.04. The summed E-state index contributed by atoms with van der Waals surface area (Å²) >= 11 is 0. The van der Waals surface area contributed by atoms with Gasteiger partial charge in [0.2, 0.25) is 0 Å². The summed E-state index contributed by atoms with van der Waals surface area (Å²) in [5, 5.41) is 12.1. The fourth-order valence-corrected chi connectivity index (χ4v) is 2.33. The van der Waals surface area contributed by atoms with Crippen molar-refractivity contribution in [2.75, 3.05) is 5.32 Å². The summed E-state index contributed by atoms with van der Waals surface area (Å²) in [6.07, 6.45) is 9.28. The molecule has 0 radical (unpaired) electrons. The van der Waals surface area contributed by atoms with Crippen molar-refractivity contribution in [2.24, 2.45) is 0 Å². The van der Waals surface area contributed by atoms with Gasteiger partial charge in [0, 0.05) is 0 Å². The van der Waals surface area contributed by atoms with Gasteiger partial charge in [-0.05, 0) is 30.2 Å². The fourth-order valence-electron chi connectivity index (χ4n) is 2.33. The topological polar surface area (TPSA) is 74.2 Å². The fraction of sp³-hybridized carbons (Fsp3) is 0.100. The highest BCUT2D eigenvalue weighted by molar-refractivity contribution is 5.91. The summed E-state index contributed by atoms with van der Waals surface area (Å²) in [4.78, 5) is 15.4. The molecule has 0 fully saturated rings. The number of hydrogen-bond acceptors (Lipinski definition) is 4. The van der Waals surface area contributed by atoms with E-state index in [-0.39, 0.29) is 11.7 Å². The average molecular weight is 335 g/mol. The number of aromatic nitrogens is 1. The number of allylic oxidation sites excluding steroid dienone is 3. The van der Waals surface area contributed by atoms with Crippen LogP contribution in [0.15, 0.2) is 85.1 Å². The number of nitrogens with one attached hydrogen (secondary N) is 2. The smallest absolute Gasteiger partial charge is 0.293 e. The summed E-state index contributed by atoms with van der Waals surface area (Å²) in [5.41, 5.74) is 4.53. The van der Waals surface area contributed by atoms with Crippen molar-refractivity contribution in [3.63, 3.8) is 0 Å². The quantitative estimate of drug-likeness (QED) is 0.405. The molecule has 0 aliphatic heterocycles. The Kier molecular flexibility index (Phi) is 6.68. The van der Waals surface area contributed by atoms with E-state index < -0.39 is 5.91 Å². The van der Waals surface area contributed by atoms with E-state index in [0.29, 0.717) is 0 Å². The summed E-state index contributed by atoms with van der Waals surface area (Å²) in [7, 11) is 0. The molecule has 5 nitrogen and oxygen atoms in total. The third-order valence-corrected chi connectivity index (χ3v) is 3.59. The highest BCUT2D eigenvalue weighted by Gasteiger charge is 2.15.